The molecule has 0 saturated heterocycles. The molecule has 0 unspecified atom stereocenters. The van der Waals surface area contributed by atoms with E-state index in [4.69, 9.17) is 11.6 Å². The molecular weight excluding hydrogens is 546 g/mol. The monoisotopic (exact) mass is 569 g/mol. The number of nitrogens with one attached hydrogen (secondary N) is 2. The van der Waals surface area contributed by atoms with Gasteiger partial charge in [0, 0.05) is 29.1 Å². The predicted molar refractivity (Wildman–Crippen MR) is 150 cm³/mol. The molecule has 0 fully saturated rings. The number of carbonyl (C=O) groups excluding carboxylic acids is 1. The van der Waals surface area contributed by atoms with Crippen molar-refractivity contribution in [2.24, 2.45) is 0 Å². The molecule has 0 saturated carbocycles. The van der Waals surface area contributed by atoms with E-state index in [9.17, 15) is 21.6 Å². The van der Waals surface area contributed by atoms with E-state index in [0.29, 0.717) is 33.9 Å². The fraction of sp³-hybridized carbons (Fsp3) is 0.148. The van der Waals surface area contributed by atoms with Crippen LogP contribution in [0.1, 0.15) is 18.4 Å². The van der Waals surface area contributed by atoms with Crippen LogP contribution in [-0.4, -0.2) is 29.3 Å². The average molecular weight is 570 g/mol. The number of amides is 1. The topological polar surface area (TPSA) is 113 Å². The maximum absolute atomic E-state index is 13.1. The second-order valence-electron chi connectivity index (χ2n) is 8.95. The average Bonchev–Trinajstić information content (AvgIpc) is 3.09. The van der Waals surface area contributed by atoms with Crippen molar-refractivity contribution in [1.82, 2.24) is 0 Å². The fourth-order valence-corrected chi connectivity index (χ4v) is 7.37. The summed E-state index contributed by atoms with van der Waals surface area (Å²) in [6.45, 7) is 1.98. The SMILES string of the molecule is Cc1ccc(NS(=O)(=O)c2ccc(NC(=O)CCCN3c4cccc5cccc(c45)S3(=O)=O)cc2)cc1Cl. The fourth-order valence-electron chi connectivity index (χ4n) is 4.39. The van der Waals surface area contributed by atoms with Gasteiger partial charge in [-0.15, -0.1) is 0 Å². The number of hydrogen-bond donors (Lipinski definition) is 2. The molecule has 11 heteroatoms. The van der Waals surface area contributed by atoms with Crippen LogP contribution in [0.25, 0.3) is 10.8 Å². The minimum atomic E-state index is -3.85. The first-order chi connectivity index (χ1) is 18.1. The Labute approximate surface area is 226 Å². The molecule has 38 heavy (non-hydrogen) atoms. The number of anilines is 3. The number of nitrogens with zero attached hydrogens (tertiary/aromatic N) is 1. The number of rotatable bonds is 8. The van der Waals surface area contributed by atoms with Gasteiger partial charge in [-0.05, 0) is 72.8 Å². The lowest BCUT2D eigenvalue weighted by Gasteiger charge is -2.18. The van der Waals surface area contributed by atoms with Gasteiger partial charge in [0.2, 0.25) is 5.91 Å². The van der Waals surface area contributed by atoms with Crippen molar-refractivity contribution in [3.8, 4) is 0 Å². The second kappa shape index (κ2) is 9.94. The molecule has 1 heterocycles. The van der Waals surface area contributed by atoms with E-state index in [0.717, 1.165) is 10.9 Å². The van der Waals surface area contributed by atoms with Crippen LogP contribution in [-0.2, 0) is 24.8 Å². The Hall–Kier alpha value is -3.60. The van der Waals surface area contributed by atoms with Crippen molar-refractivity contribution >= 4 is 65.4 Å². The summed E-state index contributed by atoms with van der Waals surface area (Å²) >= 11 is 6.08. The molecule has 4 aromatic rings. The molecule has 1 aliphatic rings. The molecule has 0 aliphatic carbocycles. The molecule has 2 N–H and O–H groups in total. The summed E-state index contributed by atoms with van der Waals surface area (Å²) in [5.41, 5.74) is 2.23. The molecule has 196 valence electrons. The van der Waals surface area contributed by atoms with Crippen LogP contribution in [0, 0.1) is 6.92 Å². The largest absolute Gasteiger partial charge is 0.326 e. The van der Waals surface area contributed by atoms with Crippen LogP contribution in [0.15, 0.2) is 88.7 Å². The van der Waals surface area contributed by atoms with Gasteiger partial charge in [-0.2, -0.15) is 0 Å². The maximum atomic E-state index is 13.1. The number of aryl methyl sites for hydroxylation is 1. The van der Waals surface area contributed by atoms with E-state index in [1.54, 1.807) is 30.3 Å². The Morgan fingerprint density at radius 3 is 2.34 bits per heavy atom. The zero-order chi connectivity index (χ0) is 27.1. The second-order valence-corrected chi connectivity index (χ2v) is 12.9. The van der Waals surface area contributed by atoms with Crippen LogP contribution in [0.5, 0.6) is 0 Å². The summed E-state index contributed by atoms with van der Waals surface area (Å²) < 4.78 is 55.4. The predicted octanol–water partition coefficient (Wildman–Crippen LogP) is 5.53. The van der Waals surface area contributed by atoms with Crippen molar-refractivity contribution in [3.05, 3.63) is 89.4 Å². The van der Waals surface area contributed by atoms with Gasteiger partial charge in [0.1, 0.15) is 0 Å². The summed E-state index contributed by atoms with van der Waals surface area (Å²) in [7, 11) is -7.52. The Bertz CT molecular complexity index is 1770. The molecule has 0 radical (unpaired) electrons. The van der Waals surface area contributed by atoms with Crippen molar-refractivity contribution in [3.63, 3.8) is 0 Å². The summed E-state index contributed by atoms with van der Waals surface area (Å²) in [6, 6.07) is 21.3. The van der Waals surface area contributed by atoms with Crippen LogP contribution < -0.4 is 14.3 Å². The number of halogens is 1. The zero-order valence-electron chi connectivity index (χ0n) is 20.3. The highest BCUT2D eigenvalue weighted by atomic mass is 35.5. The van der Waals surface area contributed by atoms with E-state index < -0.39 is 20.0 Å². The standard InChI is InChI=1S/C27H24ClN3O5S2/c1-18-10-11-21(17-23(18)28)30-37(33,34)22-14-12-20(13-15-22)29-26(32)9-4-16-31-24-7-2-5-19-6-3-8-25(27(19)24)38(31,35)36/h2-3,5-8,10-15,17,30H,4,9,16H2,1H3,(H,29,32). The van der Waals surface area contributed by atoms with Gasteiger partial charge < -0.3 is 5.32 Å². The Balaban J connectivity index is 1.19. The van der Waals surface area contributed by atoms with E-state index >= 15 is 0 Å². The minimum absolute atomic E-state index is 0.0279. The molecule has 1 aliphatic heterocycles. The van der Waals surface area contributed by atoms with Gasteiger partial charge in [-0.3, -0.25) is 13.8 Å². The molecule has 0 atom stereocenters. The lowest BCUT2D eigenvalue weighted by molar-refractivity contribution is -0.116. The van der Waals surface area contributed by atoms with E-state index in [2.05, 4.69) is 10.0 Å². The Morgan fingerprint density at radius 1 is 0.947 bits per heavy atom. The van der Waals surface area contributed by atoms with E-state index in [1.165, 1.54) is 34.6 Å². The van der Waals surface area contributed by atoms with Gasteiger partial charge in [0.25, 0.3) is 20.0 Å². The Morgan fingerprint density at radius 2 is 1.63 bits per heavy atom. The normalized spacial score (nSPS) is 14.0. The molecule has 0 bridgehead atoms. The van der Waals surface area contributed by atoms with Gasteiger partial charge in [-0.1, -0.05) is 41.9 Å². The summed E-state index contributed by atoms with van der Waals surface area (Å²) in [6.07, 6.45) is 0.402. The summed E-state index contributed by atoms with van der Waals surface area (Å²) in [4.78, 5) is 12.8. The number of benzene rings is 4. The molecule has 5 rings (SSSR count). The van der Waals surface area contributed by atoms with E-state index in [1.807, 2.05) is 25.1 Å². The summed E-state index contributed by atoms with van der Waals surface area (Å²) in [5, 5.41) is 4.74. The molecular formula is C27H24ClN3O5S2. The smallest absolute Gasteiger partial charge is 0.265 e. The first kappa shape index (κ1) is 26.0. The van der Waals surface area contributed by atoms with Gasteiger partial charge in [0.05, 0.1) is 21.2 Å². The van der Waals surface area contributed by atoms with Crippen molar-refractivity contribution in [2.45, 2.75) is 29.6 Å². The highest BCUT2D eigenvalue weighted by Gasteiger charge is 2.35. The molecule has 4 aromatic carbocycles. The summed E-state index contributed by atoms with van der Waals surface area (Å²) in [5.74, 6) is -0.305. The quantitative estimate of drug-likeness (QED) is 0.290. The zero-order valence-corrected chi connectivity index (χ0v) is 22.7. The third kappa shape index (κ3) is 4.94. The van der Waals surface area contributed by atoms with E-state index in [-0.39, 0.29) is 28.7 Å². The van der Waals surface area contributed by atoms with Crippen LogP contribution in [0.2, 0.25) is 5.02 Å². The van der Waals surface area contributed by atoms with Crippen LogP contribution >= 0.6 is 11.6 Å². The van der Waals surface area contributed by atoms with Gasteiger partial charge in [0.15, 0.2) is 0 Å². The number of carbonyl (C=O) groups is 1. The lowest BCUT2D eigenvalue weighted by Crippen LogP contribution is -2.28. The third-order valence-corrected chi connectivity index (χ3v) is 9.98. The first-order valence-electron chi connectivity index (χ1n) is 11.8. The molecule has 0 aromatic heterocycles. The molecule has 8 nitrogen and oxygen atoms in total. The first-order valence-corrected chi connectivity index (χ1v) is 15.1. The number of hydrogen-bond acceptors (Lipinski definition) is 5. The van der Waals surface area contributed by atoms with Crippen molar-refractivity contribution in [1.29, 1.82) is 0 Å². The third-order valence-electron chi connectivity index (χ3n) is 6.32. The van der Waals surface area contributed by atoms with Gasteiger partial charge in [-0.25, -0.2) is 16.8 Å². The highest BCUT2D eigenvalue weighted by molar-refractivity contribution is 7.93. The van der Waals surface area contributed by atoms with Crippen LogP contribution in [0.3, 0.4) is 0 Å². The highest BCUT2D eigenvalue weighted by Crippen LogP contribution is 2.42. The van der Waals surface area contributed by atoms with Crippen LogP contribution in [0.4, 0.5) is 17.1 Å². The maximum Gasteiger partial charge on any atom is 0.265 e. The van der Waals surface area contributed by atoms with Crippen molar-refractivity contribution in [2.75, 3.05) is 20.9 Å². The van der Waals surface area contributed by atoms with Crippen molar-refractivity contribution < 1.29 is 21.6 Å². The molecule has 1 amide bonds. The lowest BCUT2D eigenvalue weighted by atomic mass is 10.1. The number of sulfonamides is 2. The molecule has 0 spiro atoms. The van der Waals surface area contributed by atoms with Gasteiger partial charge >= 0.3 is 0 Å². The Kier molecular flexibility index (Phi) is 6.81. The minimum Gasteiger partial charge on any atom is -0.326 e.